The number of carbonyl (C=O) groups is 1. The summed E-state index contributed by atoms with van der Waals surface area (Å²) < 4.78 is 16.8. The van der Waals surface area contributed by atoms with Gasteiger partial charge in [0.2, 0.25) is 5.95 Å². The molecule has 1 aromatic carbocycles. The van der Waals surface area contributed by atoms with E-state index >= 15 is 0 Å². The average Bonchev–Trinajstić information content (AvgIpc) is 3.51. The van der Waals surface area contributed by atoms with Gasteiger partial charge in [-0.1, -0.05) is 26.0 Å². The van der Waals surface area contributed by atoms with E-state index in [9.17, 15) is 14.3 Å². The van der Waals surface area contributed by atoms with Crippen molar-refractivity contribution < 1.29 is 14.3 Å². The first-order chi connectivity index (χ1) is 22.7. The number of aryl methyl sites for hydroxylation is 1. The molecule has 3 atom stereocenters. The van der Waals surface area contributed by atoms with Gasteiger partial charge < -0.3 is 25.1 Å². The summed E-state index contributed by atoms with van der Waals surface area (Å²) in [5.74, 6) is 1.39. The van der Waals surface area contributed by atoms with Crippen molar-refractivity contribution in [2.24, 2.45) is 24.8 Å². The van der Waals surface area contributed by atoms with Crippen LogP contribution < -0.4 is 15.1 Å². The molecule has 1 saturated heterocycles. The minimum Gasteiger partial charge on any atom is -0.481 e. The molecule has 0 bridgehead atoms. The lowest BCUT2D eigenvalue weighted by Gasteiger charge is -2.39. The van der Waals surface area contributed by atoms with Gasteiger partial charge in [-0.2, -0.15) is 10.1 Å². The first-order valence-corrected chi connectivity index (χ1v) is 17.5. The predicted octanol–water partition coefficient (Wildman–Crippen LogP) is 5.90. The molecule has 0 spiro atoms. The van der Waals surface area contributed by atoms with Crippen molar-refractivity contribution in [1.82, 2.24) is 24.6 Å². The van der Waals surface area contributed by atoms with Crippen LogP contribution in [0.3, 0.4) is 0 Å². The Hall–Kier alpha value is -3.73. The molecule has 254 valence electrons. The van der Waals surface area contributed by atoms with Crippen molar-refractivity contribution in [3.63, 3.8) is 0 Å². The Morgan fingerprint density at radius 3 is 2.62 bits per heavy atom. The number of halogens is 1. The zero-order valence-electron chi connectivity index (χ0n) is 28.4. The number of anilines is 3. The van der Waals surface area contributed by atoms with Gasteiger partial charge in [0.15, 0.2) is 0 Å². The highest BCUT2D eigenvalue weighted by Gasteiger charge is 2.34. The maximum Gasteiger partial charge on any atom is 0.306 e. The van der Waals surface area contributed by atoms with E-state index in [-0.39, 0.29) is 23.8 Å². The summed E-state index contributed by atoms with van der Waals surface area (Å²) in [5, 5.41) is 18.0. The summed E-state index contributed by atoms with van der Waals surface area (Å²) in [5.41, 5.74) is 3.71. The second-order valence-electron chi connectivity index (χ2n) is 14.1. The number of nitrogens with one attached hydrogen (secondary N) is 1. The number of rotatable bonds is 11. The highest BCUT2D eigenvalue weighted by atomic mass is 19.1. The second-order valence-corrected chi connectivity index (χ2v) is 14.1. The number of para-hydroxylation sites is 1. The van der Waals surface area contributed by atoms with E-state index in [0.29, 0.717) is 43.0 Å². The monoisotopic (exact) mass is 646 g/mol. The van der Waals surface area contributed by atoms with E-state index < -0.39 is 5.97 Å². The quantitative estimate of drug-likeness (QED) is 0.264. The standard InChI is InChI=1S/C36H51FN8O2/c1-5-32(25-12-14-26(15-13-25)35(46)47)43(4)36-40-30-16-18-45(33-11-7-6-10-29(33)37)22-28(30)34(41-36)39-31(27-19-38-42(3)21-27)23-44-17-8-9-24(2)20-44/h6-7,10-11,19,21,24-26,31-32H,5,8-9,12-18,20,22-23H2,1-4H3,(H,46,47)(H,39,40,41)/t24-,25?,26?,31-,32+/m0/s1. The number of aliphatic carboxylic acids is 1. The number of likely N-dealkylation sites (tertiary alicyclic amines) is 1. The number of aromatic nitrogens is 4. The molecule has 2 aliphatic heterocycles. The van der Waals surface area contributed by atoms with Crippen LogP contribution in [-0.4, -0.2) is 75.0 Å². The van der Waals surface area contributed by atoms with E-state index in [1.165, 1.54) is 18.9 Å². The van der Waals surface area contributed by atoms with E-state index in [1.54, 1.807) is 6.07 Å². The summed E-state index contributed by atoms with van der Waals surface area (Å²) in [6.45, 7) is 8.69. The van der Waals surface area contributed by atoms with E-state index in [0.717, 1.165) is 74.4 Å². The normalized spacial score (nSPS) is 23.2. The van der Waals surface area contributed by atoms with Gasteiger partial charge in [0, 0.05) is 70.1 Å². The van der Waals surface area contributed by atoms with Crippen molar-refractivity contribution in [3.8, 4) is 0 Å². The molecule has 47 heavy (non-hydrogen) atoms. The Bertz CT molecular complexity index is 1520. The van der Waals surface area contributed by atoms with Crippen LogP contribution in [0.25, 0.3) is 0 Å². The second kappa shape index (κ2) is 14.6. The molecule has 2 N–H and O–H groups in total. The average molecular weight is 647 g/mol. The molecule has 11 heteroatoms. The van der Waals surface area contributed by atoms with E-state index in [1.807, 2.05) is 30.1 Å². The van der Waals surface area contributed by atoms with Crippen LogP contribution in [0.1, 0.15) is 81.7 Å². The minimum atomic E-state index is -0.676. The largest absolute Gasteiger partial charge is 0.481 e. The summed E-state index contributed by atoms with van der Waals surface area (Å²) in [6.07, 6.45) is 11.3. The topological polar surface area (TPSA) is 103 Å². The number of fused-ring (bicyclic) bond motifs is 1. The molecule has 1 saturated carbocycles. The SMILES string of the molecule is CC[C@H](C1CCC(C(=O)O)CC1)N(C)c1nc2c(c(N[C@@H](CN3CCC[C@H](C)C3)c3cnn(C)c3)n1)CN(c1ccccc1F)CC2. The molecule has 1 aliphatic carbocycles. The lowest BCUT2D eigenvalue weighted by molar-refractivity contribution is -0.143. The third-order valence-electron chi connectivity index (χ3n) is 10.8. The van der Waals surface area contributed by atoms with Crippen LogP contribution in [0.2, 0.25) is 0 Å². The van der Waals surface area contributed by atoms with Crippen molar-refractivity contribution in [3.05, 3.63) is 59.3 Å². The van der Waals surface area contributed by atoms with E-state index in [2.05, 4.69) is 52.2 Å². The van der Waals surface area contributed by atoms with Crippen molar-refractivity contribution in [2.45, 2.75) is 83.8 Å². The van der Waals surface area contributed by atoms with Crippen molar-refractivity contribution in [2.75, 3.05) is 48.3 Å². The molecular weight excluding hydrogens is 595 g/mol. The van der Waals surface area contributed by atoms with Crippen LogP contribution in [0.5, 0.6) is 0 Å². The van der Waals surface area contributed by atoms with Crippen LogP contribution in [0.4, 0.5) is 21.8 Å². The molecule has 0 amide bonds. The van der Waals surface area contributed by atoms with Gasteiger partial charge in [-0.05, 0) is 75.5 Å². The Morgan fingerprint density at radius 1 is 1.15 bits per heavy atom. The fourth-order valence-corrected chi connectivity index (χ4v) is 8.14. The number of piperidine rings is 1. The van der Waals surface area contributed by atoms with Gasteiger partial charge in [0.25, 0.3) is 0 Å². The molecule has 10 nitrogen and oxygen atoms in total. The molecule has 2 fully saturated rings. The third kappa shape index (κ3) is 7.55. The van der Waals surface area contributed by atoms with Crippen LogP contribution in [0, 0.1) is 23.6 Å². The fourth-order valence-electron chi connectivity index (χ4n) is 8.14. The third-order valence-corrected chi connectivity index (χ3v) is 10.8. The number of carboxylic acid groups (broad SMARTS) is 1. The smallest absolute Gasteiger partial charge is 0.306 e. The van der Waals surface area contributed by atoms with Crippen molar-refractivity contribution >= 4 is 23.4 Å². The summed E-state index contributed by atoms with van der Waals surface area (Å²) in [4.78, 5) is 28.9. The maximum atomic E-state index is 15.0. The molecule has 0 radical (unpaired) electrons. The number of hydrogen-bond donors (Lipinski definition) is 2. The number of benzene rings is 1. The summed E-state index contributed by atoms with van der Waals surface area (Å²) in [7, 11) is 4.04. The van der Waals surface area contributed by atoms with Gasteiger partial charge in [-0.25, -0.2) is 9.37 Å². The predicted molar refractivity (Wildman–Crippen MR) is 183 cm³/mol. The van der Waals surface area contributed by atoms with Crippen LogP contribution >= 0.6 is 0 Å². The number of nitrogens with zero attached hydrogens (tertiary/aromatic N) is 7. The van der Waals surface area contributed by atoms with Gasteiger partial charge in [-0.3, -0.25) is 9.48 Å². The van der Waals surface area contributed by atoms with Crippen LogP contribution in [0.15, 0.2) is 36.7 Å². The lowest BCUT2D eigenvalue weighted by Crippen LogP contribution is -2.42. The molecule has 3 aliphatic rings. The maximum absolute atomic E-state index is 15.0. The molecule has 3 aromatic rings. The highest BCUT2D eigenvalue weighted by molar-refractivity contribution is 5.70. The first-order valence-electron chi connectivity index (χ1n) is 17.5. The zero-order valence-corrected chi connectivity index (χ0v) is 28.4. The van der Waals surface area contributed by atoms with Gasteiger partial charge in [-0.15, -0.1) is 0 Å². The first kappa shape index (κ1) is 33.2. The molecule has 4 heterocycles. The molecule has 6 rings (SSSR count). The Labute approximate surface area is 278 Å². The van der Waals surface area contributed by atoms with Crippen molar-refractivity contribution in [1.29, 1.82) is 0 Å². The molecule has 0 unspecified atom stereocenters. The van der Waals surface area contributed by atoms with E-state index in [4.69, 9.17) is 9.97 Å². The van der Waals surface area contributed by atoms with Crippen LogP contribution in [-0.2, 0) is 24.8 Å². The van der Waals surface area contributed by atoms with Gasteiger partial charge in [0.1, 0.15) is 11.6 Å². The molecule has 2 aromatic heterocycles. The minimum absolute atomic E-state index is 0.0386. The van der Waals surface area contributed by atoms with Gasteiger partial charge >= 0.3 is 5.97 Å². The van der Waals surface area contributed by atoms with Gasteiger partial charge in [0.05, 0.1) is 29.5 Å². The number of carboxylic acids is 1. The zero-order chi connectivity index (χ0) is 33.1. The summed E-state index contributed by atoms with van der Waals surface area (Å²) in [6, 6.07) is 7.14. The lowest BCUT2D eigenvalue weighted by atomic mass is 9.77. The highest BCUT2D eigenvalue weighted by Crippen LogP contribution is 2.37. The Morgan fingerprint density at radius 2 is 1.94 bits per heavy atom. The Balaban J connectivity index is 1.34. The number of hydrogen-bond acceptors (Lipinski definition) is 8. The molecular formula is C36H51FN8O2. The fraction of sp³-hybridized carbons (Fsp3) is 0.611. The Kier molecular flexibility index (Phi) is 10.3. The summed E-state index contributed by atoms with van der Waals surface area (Å²) >= 11 is 0.